The van der Waals surface area contributed by atoms with Gasteiger partial charge in [-0.2, -0.15) is 0 Å². The molecule has 0 saturated heterocycles. The van der Waals surface area contributed by atoms with Gasteiger partial charge in [0.1, 0.15) is 0 Å². The lowest BCUT2D eigenvalue weighted by atomic mass is 9.94. The van der Waals surface area contributed by atoms with E-state index in [-0.39, 0.29) is 12.1 Å². The van der Waals surface area contributed by atoms with Gasteiger partial charge in [-0.25, -0.2) is 4.79 Å². The second kappa shape index (κ2) is 7.78. The number of aromatic nitrogens is 1. The van der Waals surface area contributed by atoms with Gasteiger partial charge in [-0.05, 0) is 60.7 Å². The molecule has 0 aliphatic carbocycles. The van der Waals surface area contributed by atoms with Gasteiger partial charge in [0.05, 0.1) is 6.04 Å². The summed E-state index contributed by atoms with van der Waals surface area (Å²) in [7, 11) is 0. The molecule has 4 heteroatoms. The summed E-state index contributed by atoms with van der Waals surface area (Å²) in [5, 5.41) is 3.11. The summed E-state index contributed by atoms with van der Waals surface area (Å²) in [6.45, 7) is 10.1. The molecule has 2 aromatic carbocycles. The molecule has 0 spiro atoms. The van der Waals surface area contributed by atoms with Crippen molar-refractivity contribution >= 4 is 11.7 Å². The van der Waals surface area contributed by atoms with Gasteiger partial charge in [0, 0.05) is 30.7 Å². The van der Waals surface area contributed by atoms with E-state index in [9.17, 15) is 4.79 Å². The first-order valence-corrected chi connectivity index (χ1v) is 10.3. The lowest BCUT2D eigenvalue weighted by molar-refractivity contribution is 0.181. The van der Waals surface area contributed by atoms with Crippen molar-refractivity contribution in [2.45, 2.75) is 46.2 Å². The number of carbonyl (C=O) groups excluding carboxylic acids is 1. The lowest BCUT2D eigenvalue weighted by Gasteiger charge is -2.38. The lowest BCUT2D eigenvalue weighted by Crippen LogP contribution is -2.44. The molecule has 3 aromatic rings. The summed E-state index contributed by atoms with van der Waals surface area (Å²) in [4.78, 5) is 15.2. The summed E-state index contributed by atoms with van der Waals surface area (Å²) in [6, 6.07) is 18.7. The predicted molar refractivity (Wildman–Crippen MR) is 118 cm³/mol. The van der Waals surface area contributed by atoms with Crippen molar-refractivity contribution in [3.05, 3.63) is 88.7 Å². The SMILES string of the molecule is Cc1ccc([C@@H]2c3cccn3CCN2C(=O)Nc2ccc(C(C)C)cc2)c(C)c1. The van der Waals surface area contributed by atoms with Crippen molar-refractivity contribution in [1.29, 1.82) is 0 Å². The summed E-state index contributed by atoms with van der Waals surface area (Å²) in [6.07, 6.45) is 2.10. The molecule has 29 heavy (non-hydrogen) atoms. The highest BCUT2D eigenvalue weighted by Crippen LogP contribution is 2.35. The second-order valence-electron chi connectivity index (χ2n) is 8.29. The molecule has 150 valence electrons. The highest BCUT2D eigenvalue weighted by atomic mass is 16.2. The molecule has 1 aromatic heterocycles. The van der Waals surface area contributed by atoms with E-state index in [1.807, 2.05) is 17.0 Å². The summed E-state index contributed by atoms with van der Waals surface area (Å²) in [5.74, 6) is 0.475. The van der Waals surface area contributed by atoms with Gasteiger partial charge in [0.15, 0.2) is 0 Å². The van der Waals surface area contributed by atoms with Crippen molar-refractivity contribution in [2.24, 2.45) is 0 Å². The first-order chi connectivity index (χ1) is 13.9. The fourth-order valence-electron chi connectivity index (χ4n) is 4.21. The van der Waals surface area contributed by atoms with E-state index >= 15 is 0 Å². The molecule has 2 heterocycles. The maximum Gasteiger partial charge on any atom is 0.322 e. The van der Waals surface area contributed by atoms with Crippen LogP contribution in [0, 0.1) is 13.8 Å². The Morgan fingerprint density at radius 3 is 2.48 bits per heavy atom. The molecule has 4 rings (SSSR count). The number of hydrogen-bond acceptors (Lipinski definition) is 1. The number of benzene rings is 2. The van der Waals surface area contributed by atoms with Gasteiger partial charge in [-0.3, -0.25) is 0 Å². The minimum atomic E-state index is -0.0886. The van der Waals surface area contributed by atoms with Crippen molar-refractivity contribution in [3.63, 3.8) is 0 Å². The van der Waals surface area contributed by atoms with Gasteiger partial charge >= 0.3 is 6.03 Å². The third-order valence-corrected chi connectivity index (χ3v) is 5.85. The zero-order valence-corrected chi connectivity index (χ0v) is 17.6. The smallest absolute Gasteiger partial charge is 0.322 e. The van der Waals surface area contributed by atoms with E-state index in [1.165, 1.54) is 22.3 Å². The minimum Gasteiger partial charge on any atom is -0.348 e. The van der Waals surface area contributed by atoms with Crippen LogP contribution in [0.3, 0.4) is 0 Å². The number of nitrogens with zero attached hydrogens (tertiary/aromatic N) is 2. The van der Waals surface area contributed by atoms with Crippen LogP contribution in [0.15, 0.2) is 60.8 Å². The quantitative estimate of drug-likeness (QED) is 0.600. The minimum absolute atomic E-state index is 0.0558. The maximum absolute atomic E-state index is 13.3. The molecule has 1 aliphatic heterocycles. The summed E-state index contributed by atoms with van der Waals surface area (Å²) in [5.41, 5.74) is 6.89. The Labute approximate surface area is 173 Å². The Morgan fingerprint density at radius 2 is 1.79 bits per heavy atom. The molecule has 0 unspecified atom stereocenters. The summed E-state index contributed by atoms with van der Waals surface area (Å²) >= 11 is 0. The Kier molecular flexibility index (Phi) is 5.18. The summed E-state index contributed by atoms with van der Waals surface area (Å²) < 4.78 is 2.26. The van der Waals surface area contributed by atoms with Crippen LogP contribution in [0.1, 0.15) is 53.8 Å². The number of hydrogen-bond donors (Lipinski definition) is 1. The van der Waals surface area contributed by atoms with Crippen LogP contribution in [0.2, 0.25) is 0 Å². The molecule has 0 saturated carbocycles. The number of amides is 2. The fourth-order valence-corrected chi connectivity index (χ4v) is 4.21. The first-order valence-electron chi connectivity index (χ1n) is 10.3. The maximum atomic E-state index is 13.3. The largest absolute Gasteiger partial charge is 0.348 e. The number of carbonyl (C=O) groups is 1. The molecule has 0 bridgehead atoms. The Bertz CT molecular complexity index is 1020. The number of rotatable bonds is 3. The molecule has 1 N–H and O–H groups in total. The van der Waals surface area contributed by atoms with Crippen LogP contribution in [0.4, 0.5) is 10.5 Å². The predicted octanol–water partition coefficient (Wildman–Crippen LogP) is 5.87. The highest BCUT2D eigenvalue weighted by Gasteiger charge is 2.33. The van der Waals surface area contributed by atoms with E-state index in [0.717, 1.165) is 17.9 Å². The van der Waals surface area contributed by atoms with E-state index in [2.05, 4.69) is 86.2 Å². The number of fused-ring (bicyclic) bond motifs is 1. The van der Waals surface area contributed by atoms with Crippen LogP contribution in [0.5, 0.6) is 0 Å². The average molecular weight is 388 g/mol. The molecule has 1 aliphatic rings. The van der Waals surface area contributed by atoms with Gasteiger partial charge in [-0.1, -0.05) is 49.7 Å². The standard InChI is InChI=1S/C25H29N3O/c1-17(2)20-8-10-21(11-9-20)26-25(29)28-15-14-27-13-5-6-23(27)24(28)22-12-7-18(3)16-19(22)4/h5-13,16-17,24H,14-15H2,1-4H3,(H,26,29)/t24-/m1/s1. The molecular formula is C25H29N3O. The van der Waals surface area contributed by atoms with E-state index < -0.39 is 0 Å². The fraction of sp³-hybridized carbons (Fsp3) is 0.320. The number of anilines is 1. The van der Waals surface area contributed by atoms with Gasteiger partial charge < -0.3 is 14.8 Å². The molecular weight excluding hydrogens is 358 g/mol. The van der Waals surface area contributed by atoms with Crippen LogP contribution >= 0.6 is 0 Å². The molecule has 2 amide bonds. The zero-order valence-electron chi connectivity index (χ0n) is 17.6. The van der Waals surface area contributed by atoms with Crippen LogP contribution in [-0.4, -0.2) is 22.0 Å². The first kappa shape index (κ1) is 19.3. The molecule has 0 fully saturated rings. The number of urea groups is 1. The van der Waals surface area contributed by atoms with Crippen molar-refractivity contribution in [3.8, 4) is 0 Å². The third-order valence-electron chi connectivity index (χ3n) is 5.85. The second-order valence-corrected chi connectivity index (χ2v) is 8.29. The average Bonchev–Trinajstić information content (AvgIpc) is 3.17. The van der Waals surface area contributed by atoms with Crippen LogP contribution in [-0.2, 0) is 6.54 Å². The zero-order chi connectivity index (χ0) is 20.5. The van der Waals surface area contributed by atoms with E-state index in [4.69, 9.17) is 0 Å². The monoisotopic (exact) mass is 387 g/mol. The van der Waals surface area contributed by atoms with E-state index in [1.54, 1.807) is 0 Å². The topological polar surface area (TPSA) is 37.3 Å². The Balaban J connectivity index is 1.65. The molecule has 1 atom stereocenters. The molecule has 0 radical (unpaired) electrons. The number of aryl methyl sites for hydroxylation is 2. The van der Waals surface area contributed by atoms with Gasteiger partial charge in [0.2, 0.25) is 0 Å². The van der Waals surface area contributed by atoms with E-state index in [0.29, 0.717) is 12.5 Å². The Morgan fingerprint density at radius 1 is 1.03 bits per heavy atom. The van der Waals surface area contributed by atoms with Crippen LogP contribution in [0.25, 0.3) is 0 Å². The molecule has 4 nitrogen and oxygen atoms in total. The van der Waals surface area contributed by atoms with Crippen LogP contribution < -0.4 is 5.32 Å². The van der Waals surface area contributed by atoms with Gasteiger partial charge in [-0.15, -0.1) is 0 Å². The van der Waals surface area contributed by atoms with Crippen molar-refractivity contribution < 1.29 is 4.79 Å². The van der Waals surface area contributed by atoms with Crippen molar-refractivity contribution in [2.75, 3.05) is 11.9 Å². The normalized spacial score (nSPS) is 16.0. The van der Waals surface area contributed by atoms with Crippen molar-refractivity contribution in [1.82, 2.24) is 9.47 Å². The van der Waals surface area contributed by atoms with Gasteiger partial charge in [0.25, 0.3) is 0 Å². The number of nitrogens with one attached hydrogen (secondary N) is 1. The Hall–Kier alpha value is -3.01. The third kappa shape index (κ3) is 3.80. The highest BCUT2D eigenvalue weighted by molar-refractivity contribution is 5.90.